The molecular formula is C21H26N4O4S. The van der Waals surface area contributed by atoms with Gasteiger partial charge in [0.1, 0.15) is 0 Å². The largest absolute Gasteiger partial charge is 0.352 e. The van der Waals surface area contributed by atoms with Gasteiger partial charge in [0.15, 0.2) is 0 Å². The van der Waals surface area contributed by atoms with Crippen LogP contribution >= 0.6 is 0 Å². The van der Waals surface area contributed by atoms with Gasteiger partial charge in [-0.2, -0.15) is 0 Å². The zero-order valence-corrected chi connectivity index (χ0v) is 17.5. The van der Waals surface area contributed by atoms with Crippen LogP contribution in [0.1, 0.15) is 35.2 Å². The third-order valence-electron chi connectivity index (χ3n) is 4.81. The topological polar surface area (TPSA) is 108 Å². The summed E-state index contributed by atoms with van der Waals surface area (Å²) in [4.78, 5) is 24.0. The van der Waals surface area contributed by atoms with E-state index in [1.807, 2.05) is 10.8 Å². The van der Waals surface area contributed by atoms with Crippen molar-refractivity contribution in [3.63, 3.8) is 0 Å². The fourth-order valence-corrected chi connectivity index (χ4v) is 4.10. The number of urea groups is 1. The lowest BCUT2D eigenvalue weighted by atomic mass is 10.1. The molecule has 0 unspecified atom stereocenters. The molecule has 2 aromatic carbocycles. The summed E-state index contributed by atoms with van der Waals surface area (Å²) in [5.41, 5.74) is 4.04. The molecule has 0 radical (unpaired) electrons. The molecule has 0 aliphatic carbocycles. The predicted molar refractivity (Wildman–Crippen MR) is 113 cm³/mol. The van der Waals surface area contributed by atoms with E-state index in [-0.39, 0.29) is 10.8 Å². The molecule has 30 heavy (non-hydrogen) atoms. The van der Waals surface area contributed by atoms with Gasteiger partial charge >= 0.3 is 6.03 Å². The maximum absolute atomic E-state index is 12.4. The Morgan fingerprint density at radius 2 is 1.57 bits per heavy atom. The first kappa shape index (κ1) is 21.8. The van der Waals surface area contributed by atoms with E-state index >= 15 is 0 Å². The van der Waals surface area contributed by atoms with Gasteiger partial charge in [-0.15, -0.1) is 0 Å². The highest BCUT2D eigenvalue weighted by Crippen LogP contribution is 2.11. The summed E-state index contributed by atoms with van der Waals surface area (Å²) < 4.78 is 26.9. The van der Waals surface area contributed by atoms with Crippen molar-refractivity contribution in [1.82, 2.24) is 20.5 Å². The third kappa shape index (κ3) is 6.30. The second kappa shape index (κ2) is 10.2. The van der Waals surface area contributed by atoms with Crippen molar-refractivity contribution in [2.75, 3.05) is 19.6 Å². The smallest absolute Gasteiger partial charge is 0.343 e. The zero-order valence-electron chi connectivity index (χ0n) is 16.6. The summed E-state index contributed by atoms with van der Waals surface area (Å²) in [6, 6.07) is 14.4. The molecule has 1 saturated heterocycles. The van der Waals surface area contributed by atoms with Crippen molar-refractivity contribution in [1.29, 1.82) is 0 Å². The number of nitrogens with one attached hydrogen (secondary N) is 3. The van der Waals surface area contributed by atoms with Crippen LogP contribution < -0.4 is 15.5 Å². The molecule has 3 amide bonds. The monoisotopic (exact) mass is 430 g/mol. The van der Waals surface area contributed by atoms with Gasteiger partial charge < -0.3 is 5.32 Å². The number of hydrogen-bond acceptors (Lipinski definition) is 5. The molecule has 0 saturated carbocycles. The first-order valence-electron chi connectivity index (χ1n) is 9.95. The van der Waals surface area contributed by atoms with E-state index in [1.54, 1.807) is 41.4 Å². The Kier molecular flexibility index (Phi) is 7.42. The zero-order chi connectivity index (χ0) is 21.4. The minimum absolute atomic E-state index is 0.00775. The van der Waals surface area contributed by atoms with Crippen LogP contribution in [0.5, 0.6) is 0 Å². The van der Waals surface area contributed by atoms with Crippen LogP contribution in [0.4, 0.5) is 4.79 Å². The van der Waals surface area contributed by atoms with E-state index in [0.717, 1.165) is 24.8 Å². The number of carbonyl (C=O) groups excluding carboxylic acids is 2. The Hall–Kier alpha value is -2.91. The van der Waals surface area contributed by atoms with Crippen molar-refractivity contribution in [3.8, 4) is 0 Å². The van der Waals surface area contributed by atoms with Crippen LogP contribution in [-0.4, -0.2) is 45.0 Å². The Balaban J connectivity index is 1.48. The Labute approximate surface area is 176 Å². The quantitative estimate of drug-likeness (QED) is 0.623. The number of carbonyl (C=O) groups is 2. The molecule has 2 aromatic rings. The molecule has 3 rings (SSSR count). The molecule has 1 aliphatic rings. The molecule has 9 heteroatoms. The molecule has 1 heterocycles. The maximum atomic E-state index is 12.4. The second-order valence-corrected chi connectivity index (χ2v) is 8.79. The predicted octanol–water partition coefficient (Wildman–Crippen LogP) is 2.05. The Bertz CT molecular complexity index is 956. The third-order valence-corrected chi connectivity index (χ3v) is 6.16. The fourth-order valence-electron chi connectivity index (χ4n) is 3.20. The molecule has 0 bridgehead atoms. The molecular weight excluding hydrogens is 404 g/mol. The van der Waals surface area contributed by atoms with Crippen LogP contribution in [-0.2, 0) is 16.4 Å². The summed E-state index contributed by atoms with van der Waals surface area (Å²) in [6.45, 7) is 1.85. The number of amides is 3. The summed E-state index contributed by atoms with van der Waals surface area (Å²) in [6.07, 6.45) is 3.61. The van der Waals surface area contributed by atoms with Crippen molar-refractivity contribution in [2.45, 2.75) is 30.6 Å². The lowest BCUT2D eigenvalue weighted by Crippen LogP contribution is -2.50. The summed E-state index contributed by atoms with van der Waals surface area (Å²) in [5, 5.41) is 4.55. The van der Waals surface area contributed by atoms with Gasteiger partial charge in [-0.3, -0.25) is 10.2 Å². The number of hydrogen-bond donors (Lipinski definition) is 3. The second-order valence-electron chi connectivity index (χ2n) is 7.11. The van der Waals surface area contributed by atoms with E-state index in [1.165, 1.54) is 12.1 Å². The number of nitrogens with zero attached hydrogens (tertiary/aromatic N) is 1. The average molecular weight is 431 g/mol. The lowest BCUT2D eigenvalue weighted by molar-refractivity contribution is 0.0954. The molecule has 0 spiro atoms. The molecule has 1 fully saturated rings. The number of rotatable bonds is 7. The van der Waals surface area contributed by atoms with E-state index in [0.29, 0.717) is 31.6 Å². The molecule has 0 aromatic heterocycles. The fraction of sp³-hybridized carbons (Fsp3) is 0.333. The summed E-state index contributed by atoms with van der Waals surface area (Å²) >= 11 is 0. The molecule has 0 atom stereocenters. The molecule has 8 nitrogen and oxygen atoms in total. The highest BCUT2D eigenvalue weighted by Gasteiger charge is 2.20. The number of sulfonamides is 1. The van der Waals surface area contributed by atoms with Gasteiger partial charge in [-0.05, 0) is 49.1 Å². The SMILES string of the molecule is O=C(NN1CCCCC1)NS(=O)(=O)c1ccc(CCNC(=O)c2ccccc2)cc1. The number of hydrazine groups is 1. The standard InChI is InChI=1S/C21H26N4O4S/c26-20(18-7-3-1-4-8-18)22-14-13-17-9-11-19(12-10-17)30(28,29)24-21(27)23-25-15-5-2-6-16-25/h1,3-4,7-12H,2,5-6,13-16H2,(H,22,26)(H2,23,24,27). The molecule has 160 valence electrons. The van der Waals surface area contributed by atoms with Gasteiger partial charge in [-0.25, -0.2) is 22.9 Å². The first-order chi connectivity index (χ1) is 14.4. The van der Waals surface area contributed by atoms with Gasteiger partial charge in [-0.1, -0.05) is 36.8 Å². The minimum atomic E-state index is -3.96. The number of piperidine rings is 1. The van der Waals surface area contributed by atoms with Crippen molar-refractivity contribution in [3.05, 3.63) is 65.7 Å². The van der Waals surface area contributed by atoms with Gasteiger partial charge in [0.05, 0.1) is 4.90 Å². The molecule has 3 N–H and O–H groups in total. The van der Waals surface area contributed by atoms with E-state index in [9.17, 15) is 18.0 Å². The van der Waals surface area contributed by atoms with Crippen LogP contribution in [0.15, 0.2) is 59.5 Å². The Morgan fingerprint density at radius 3 is 2.23 bits per heavy atom. The van der Waals surface area contributed by atoms with Gasteiger partial charge in [0, 0.05) is 25.2 Å². The molecule has 1 aliphatic heterocycles. The van der Waals surface area contributed by atoms with E-state index < -0.39 is 16.1 Å². The van der Waals surface area contributed by atoms with Crippen LogP contribution in [0.25, 0.3) is 0 Å². The van der Waals surface area contributed by atoms with Crippen molar-refractivity contribution >= 4 is 22.0 Å². The van der Waals surface area contributed by atoms with E-state index in [2.05, 4.69) is 10.7 Å². The van der Waals surface area contributed by atoms with Crippen LogP contribution in [0.2, 0.25) is 0 Å². The highest BCUT2D eigenvalue weighted by molar-refractivity contribution is 7.90. The lowest BCUT2D eigenvalue weighted by Gasteiger charge is -2.26. The highest BCUT2D eigenvalue weighted by atomic mass is 32.2. The normalized spacial score (nSPS) is 14.7. The van der Waals surface area contributed by atoms with Crippen molar-refractivity contribution < 1.29 is 18.0 Å². The van der Waals surface area contributed by atoms with Crippen LogP contribution in [0.3, 0.4) is 0 Å². The average Bonchev–Trinajstić information content (AvgIpc) is 2.75. The maximum Gasteiger partial charge on any atom is 0.343 e. The van der Waals surface area contributed by atoms with E-state index in [4.69, 9.17) is 0 Å². The summed E-state index contributed by atoms with van der Waals surface area (Å²) in [7, 11) is -3.96. The summed E-state index contributed by atoms with van der Waals surface area (Å²) in [5.74, 6) is -0.154. The Morgan fingerprint density at radius 1 is 0.900 bits per heavy atom. The first-order valence-corrected chi connectivity index (χ1v) is 11.4. The number of benzene rings is 2. The van der Waals surface area contributed by atoms with Gasteiger partial charge in [0.2, 0.25) is 0 Å². The van der Waals surface area contributed by atoms with Gasteiger partial charge in [0.25, 0.3) is 15.9 Å². The van der Waals surface area contributed by atoms with Crippen molar-refractivity contribution in [2.24, 2.45) is 0 Å². The van der Waals surface area contributed by atoms with Crippen LogP contribution in [0, 0.1) is 0 Å². The minimum Gasteiger partial charge on any atom is -0.352 e.